The van der Waals surface area contributed by atoms with Crippen molar-refractivity contribution in [2.24, 2.45) is 0 Å². The van der Waals surface area contributed by atoms with Crippen LogP contribution in [0.5, 0.6) is 0 Å². The molecule has 0 unspecified atom stereocenters. The molecule has 1 aromatic rings. The van der Waals surface area contributed by atoms with Crippen molar-refractivity contribution in [3.63, 3.8) is 0 Å². The van der Waals surface area contributed by atoms with Crippen LogP contribution in [0.1, 0.15) is 25.7 Å². The van der Waals surface area contributed by atoms with Gasteiger partial charge in [-0.05, 0) is 25.0 Å². The topological polar surface area (TPSA) is 102 Å². The lowest BCUT2D eigenvalue weighted by Gasteiger charge is -2.06. The molecular formula is C16H17F2N3O3. The van der Waals surface area contributed by atoms with E-state index >= 15 is 0 Å². The maximum Gasteiger partial charge on any atom is 0.303 e. The molecule has 0 atom stereocenters. The molecule has 3 N–H and O–H groups in total. The van der Waals surface area contributed by atoms with Gasteiger partial charge in [-0.2, -0.15) is 5.26 Å². The number of nitrogens with zero attached hydrogens (tertiary/aromatic N) is 1. The summed E-state index contributed by atoms with van der Waals surface area (Å²) < 4.78 is 26.9. The van der Waals surface area contributed by atoms with E-state index in [-0.39, 0.29) is 18.5 Å². The number of nitriles is 1. The number of benzene rings is 1. The minimum Gasteiger partial charge on any atom is -0.481 e. The summed E-state index contributed by atoms with van der Waals surface area (Å²) in [5.74, 6) is -3.25. The fourth-order valence-corrected chi connectivity index (χ4v) is 1.80. The van der Waals surface area contributed by atoms with Crippen molar-refractivity contribution in [3.8, 4) is 6.07 Å². The Hall–Kier alpha value is -2.95. The number of rotatable bonds is 9. The number of halogens is 2. The minimum absolute atomic E-state index is 0.0649. The summed E-state index contributed by atoms with van der Waals surface area (Å²) in [5.41, 5.74) is -0.782. The van der Waals surface area contributed by atoms with Crippen LogP contribution in [-0.4, -0.2) is 23.5 Å². The van der Waals surface area contributed by atoms with E-state index in [2.05, 4.69) is 10.6 Å². The molecule has 0 spiro atoms. The first-order valence-corrected chi connectivity index (χ1v) is 7.26. The van der Waals surface area contributed by atoms with E-state index in [9.17, 15) is 18.4 Å². The Morgan fingerprint density at radius 2 is 1.88 bits per heavy atom. The van der Waals surface area contributed by atoms with Gasteiger partial charge in [0, 0.05) is 19.2 Å². The van der Waals surface area contributed by atoms with E-state index in [1.54, 1.807) is 6.07 Å². The molecule has 1 amide bonds. The van der Waals surface area contributed by atoms with Crippen LogP contribution < -0.4 is 10.6 Å². The second kappa shape index (κ2) is 9.94. The summed E-state index contributed by atoms with van der Waals surface area (Å²) >= 11 is 0. The van der Waals surface area contributed by atoms with E-state index in [0.717, 1.165) is 18.3 Å². The Kier molecular flexibility index (Phi) is 7.91. The first kappa shape index (κ1) is 19.1. The largest absolute Gasteiger partial charge is 0.481 e. The van der Waals surface area contributed by atoms with Crippen LogP contribution in [-0.2, 0) is 9.59 Å². The van der Waals surface area contributed by atoms with Crippen LogP contribution in [0.4, 0.5) is 14.5 Å². The standard InChI is InChI=1S/C16H17F2N3O3/c17-12-5-4-6-13(18)15(12)21-10-11(9-19)16(24)20-8-3-1-2-7-14(22)23/h4-6,10,21H,1-3,7-8H2,(H,20,24)(H,22,23)/b11-10-. The summed E-state index contributed by atoms with van der Waals surface area (Å²) in [4.78, 5) is 22.1. The Labute approximate surface area is 137 Å². The van der Waals surface area contributed by atoms with Crippen LogP contribution in [0.3, 0.4) is 0 Å². The Balaban J connectivity index is 2.49. The van der Waals surface area contributed by atoms with Crippen molar-refractivity contribution < 1.29 is 23.5 Å². The highest BCUT2D eigenvalue weighted by molar-refractivity contribution is 5.97. The lowest BCUT2D eigenvalue weighted by molar-refractivity contribution is -0.137. The molecule has 0 saturated heterocycles. The molecule has 0 aliphatic heterocycles. The number of hydrogen-bond donors (Lipinski definition) is 3. The minimum atomic E-state index is -0.875. The zero-order valence-electron chi connectivity index (χ0n) is 12.8. The van der Waals surface area contributed by atoms with Crippen molar-refractivity contribution in [1.29, 1.82) is 5.26 Å². The Morgan fingerprint density at radius 3 is 2.46 bits per heavy atom. The molecule has 0 bridgehead atoms. The second-order valence-corrected chi connectivity index (χ2v) is 4.87. The van der Waals surface area contributed by atoms with Crippen LogP contribution in [0.25, 0.3) is 0 Å². The number of nitrogens with one attached hydrogen (secondary N) is 2. The number of hydrogen-bond acceptors (Lipinski definition) is 4. The van der Waals surface area contributed by atoms with Gasteiger partial charge in [-0.1, -0.05) is 12.5 Å². The van der Waals surface area contributed by atoms with Crippen LogP contribution in [0.15, 0.2) is 30.0 Å². The zero-order chi connectivity index (χ0) is 17.9. The first-order chi connectivity index (χ1) is 11.5. The maximum atomic E-state index is 13.4. The Morgan fingerprint density at radius 1 is 1.21 bits per heavy atom. The van der Waals surface area contributed by atoms with E-state index in [1.165, 1.54) is 6.07 Å². The van der Waals surface area contributed by atoms with Gasteiger partial charge in [-0.3, -0.25) is 9.59 Å². The molecule has 6 nitrogen and oxygen atoms in total. The lowest BCUT2D eigenvalue weighted by atomic mass is 10.2. The number of para-hydroxylation sites is 1. The third kappa shape index (κ3) is 6.44. The van der Waals surface area contributed by atoms with Crippen molar-refractivity contribution in [2.45, 2.75) is 25.7 Å². The van der Waals surface area contributed by atoms with Crippen LogP contribution in [0, 0.1) is 23.0 Å². The molecule has 0 saturated carbocycles. The molecule has 0 heterocycles. The number of unbranched alkanes of at least 4 members (excludes halogenated alkanes) is 2. The normalized spacial score (nSPS) is 10.8. The Bertz CT molecular complexity index is 649. The lowest BCUT2D eigenvalue weighted by Crippen LogP contribution is -2.26. The quantitative estimate of drug-likeness (QED) is 0.365. The number of carboxylic acid groups (broad SMARTS) is 1. The summed E-state index contributed by atoms with van der Waals surface area (Å²) in [6.45, 7) is 0.269. The van der Waals surface area contributed by atoms with E-state index in [1.807, 2.05) is 0 Å². The van der Waals surface area contributed by atoms with E-state index in [4.69, 9.17) is 10.4 Å². The third-order valence-corrected chi connectivity index (χ3v) is 3.04. The number of anilines is 1. The highest BCUT2D eigenvalue weighted by Crippen LogP contribution is 2.18. The van der Waals surface area contributed by atoms with Crippen molar-refractivity contribution in [2.75, 3.05) is 11.9 Å². The molecule has 24 heavy (non-hydrogen) atoms. The summed E-state index contributed by atoms with van der Waals surface area (Å²) in [6.07, 6.45) is 2.68. The molecule has 0 fully saturated rings. The summed E-state index contributed by atoms with van der Waals surface area (Å²) in [6, 6.07) is 4.93. The average molecular weight is 337 g/mol. The highest BCUT2D eigenvalue weighted by atomic mass is 19.1. The van der Waals surface area contributed by atoms with Crippen molar-refractivity contribution >= 4 is 17.6 Å². The number of carbonyl (C=O) groups is 2. The van der Waals surface area contributed by atoms with E-state index in [0.29, 0.717) is 19.3 Å². The van der Waals surface area contributed by atoms with Gasteiger partial charge in [-0.15, -0.1) is 0 Å². The summed E-state index contributed by atoms with van der Waals surface area (Å²) in [5, 5.41) is 22.2. The van der Waals surface area contributed by atoms with Crippen LogP contribution >= 0.6 is 0 Å². The average Bonchev–Trinajstić information content (AvgIpc) is 2.53. The molecule has 0 aromatic heterocycles. The molecule has 1 aromatic carbocycles. The fraction of sp³-hybridized carbons (Fsp3) is 0.312. The first-order valence-electron chi connectivity index (χ1n) is 7.26. The van der Waals surface area contributed by atoms with Gasteiger partial charge < -0.3 is 15.7 Å². The fourth-order valence-electron chi connectivity index (χ4n) is 1.80. The van der Waals surface area contributed by atoms with Gasteiger partial charge in [0.1, 0.15) is 29.0 Å². The van der Waals surface area contributed by atoms with Gasteiger partial charge in [0.25, 0.3) is 5.91 Å². The predicted molar refractivity (Wildman–Crippen MR) is 82.8 cm³/mol. The van der Waals surface area contributed by atoms with Crippen LogP contribution in [0.2, 0.25) is 0 Å². The van der Waals surface area contributed by atoms with Gasteiger partial charge >= 0.3 is 5.97 Å². The zero-order valence-corrected chi connectivity index (χ0v) is 12.8. The molecule has 128 valence electrons. The number of carboxylic acids is 1. The van der Waals surface area contributed by atoms with Gasteiger partial charge in [0.15, 0.2) is 0 Å². The van der Waals surface area contributed by atoms with Crippen molar-refractivity contribution in [1.82, 2.24) is 5.32 Å². The van der Waals surface area contributed by atoms with Gasteiger partial charge in [0.2, 0.25) is 0 Å². The number of amides is 1. The monoisotopic (exact) mass is 337 g/mol. The highest BCUT2D eigenvalue weighted by Gasteiger charge is 2.10. The molecule has 0 radical (unpaired) electrons. The van der Waals surface area contributed by atoms with E-state index < -0.39 is 29.2 Å². The molecular weight excluding hydrogens is 320 g/mol. The molecule has 8 heteroatoms. The molecule has 0 aliphatic carbocycles. The number of aliphatic carboxylic acids is 1. The van der Waals surface area contributed by atoms with Crippen molar-refractivity contribution in [3.05, 3.63) is 41.6 Å². The van der Waals surface area contributed by atoms with Gasteiger partial charge in [0.05, 0.1) is 0 Å². The smallest absolute Gasteiger partial charge is 0.303 e. The second-order valence-electron chi connectivity index (χ2n) is 4.87. The third-order valence-electron chi connectivity index (χ3n) is 3.04. The van der Waals surface area contributed by atoms with Gasteiger partial charge in [-0.25, -0.2) is 8.78 Å². The molecule has 1 rings (SSSR count). The SMILES string of the molecule is N#C/C(=C/Nc1c(F)cccc1F)C(=O)NCCCCCC(=O)O. The maximum absolute atomic E-state index is 13.4. The predicted octanol–water partition coefficient (Wildman–Crippen LogP) is 2.55. The number of carbonyl (C=O) groups excluding carboxylic acids is 1. The summed E-state index contributed by atoms with van der Waals surface area (Å²) in [7, 11) is 0. The molecule has 0 aliphatic rings.